The molecule has 4 nitrogen and oxygen atoms in total. The number of carbonyl (C=O) groups excluding carboxylic acids is 1. The Bertz CT molecular complexity index is 367. The smallest absolute Gasteiger partial charge is 0.337 e. The van der Waals surface area contributed by atoms with E-state index in [4.69, 9.17) is 9.47 Å². The maximum atomic E-state index is 11.4. The average molecular weight is 252 g/mol. The van der Waals surface area contributed by atoms with Crippen LogP contribution >= 0.6 is 0 Å². The molecule has 0 saturated carbocycles. The molecule has 18 heavy (non-hydrogen) atoms. The standard InChI is InChI=1S/C14H20O4/c1-14(2,3)18-13(16)12(15)10-17-9-11-7-5-4-6-8-11/h4-8,12,15H,9-10H2,1-3H3/t12-/m0/s1. The Labute approximate surface area is 108 Å². The highest BCUT2D eigenvalue weighted by molar-refractivity contribution is 5.74. The average Bonchev–Trinajstić information content (AvgIpc) is 2.28. The van der Waals surface area contributed by atoms with E-state index >= 15 is 0 Å². The van der Waals surface area contributed by atoms with Crippen molar-refractivity contribution in [3.63, 3.8) is 0 Å². The lowest BCUT2D eigenvalue weighted by Crippen LogP contribution is -2.34. The van der Waals surface area contributed by atoms with Gasteiger partial charge in [0.25, 0.3) is 0 Å². The summed E-state index contributed by atoms with van der Waals surface area (Å²) in [6.07, 6.45) is -1.24. The summed E-state index contributed by atoms with van der Waals surface area (Å²) in [6.45, 7) is 5.55. The van der Waals surface area contributed by atoms with Crippen LogP contribution in [0, 0.1) is 0 Å². The van der Waals surface area contributed by atoms with E-state index in [-0.39, 0.29) is 6.61 Å². The Hall–Kier alpha value is -1.39. The number of esters is 1. The summed E-state index contributed by atoms with van der Waals surface area (Å²) in [5.74, 6) is -0.657. The molecule has 0 radical (unpaired) electrons. The summed E-state index contributed by atoms with van der Waals surface area (Å²) in [7, 11) is 0. The quantitative estimate of drug-likeness (QED) is 0.813. The first-order chi connectivity index (χ1) is 8.38. The van der Waals surface area contributed by atoms with E-state index in [0.29, 0.717) is 6.61 Å². The van der Waals surface area contributed by atoms with Crippen LogP contribution in [0.5, 0.6) is 0 Å². The van der Waals surface area contributed by atoms with Gasteiger partial charge in [0.05, 0.1) is 13.2 Å². The molecule has 0 saturated heterocycles. The molecule has 1 N–H and O–H groups in total. The first-order valence-corrected chi connectivity index (χ1v) is 5.91. The van der Waals surface area contributed by atoms with Crippen molar-refractivity contribution in [3.05, 3.63) is 35.9 Å². The van der Waals surface area contributed by atoms with Gasteiger partial charge in [0.15, 0.2) is 6.10 Å². The van der Waals surface area contributed by atoms with Crippen LogP contribution in [0.3, 0.4) is 0 Å². The third-order valence-corrected chi connectivity index (χ3v) is 2.07. The lowest BCUT2D eigenvalue weighted by atomic mass is 10.2. The molecule has 100 valence electrons. The Kier molecular flexibility index (Phi) is 5.31. The predicted octanol–water partition coefficient (Wildman–Crippen LogP) is 1.91. The highest BCUT2D eigenvalue weighted by Crippen LogP contribution is 2.09. The molecule has 1 atom stereocenters. The van der Waals surface area contributed by atoms with Crippen molar-refractivity contribution in [2.75, 3.05) is 6.61 Å². The second-order valence-electron chi connectivity index (χ2n) is 5.05. The monoisotopic (exact) mass is 252 g/mol. The van der Waals surface area contributed by atoms with Crippen molar-refractivity contribution in [1.29, 1.82) is 0 Å². The maximum absolute atomic E-state index is 11.4. The molecule has 1 aromatic rings. The minimum absolute atomic E-state index is 0.0657. The number of aliphatic hydroxyl groups excluding tert-OH is 1. The summed E-state index contributed by atoms with van der Waals surface area (Å²) in [4.78, 5) is 11.4. The van der Waals surface area contributed by atoms with Crippen LogP contribution in [0.2, 0.25) is 0 Å². The molecule has 0 aliphatic carbocycles. The van der Waals surface area contributed by atoms with Gasteiger partial charge < -0.3 is 14.6 Å². The zero-order valence-electron chi connectivity index (χ0n) is 11.1. The van der Waals surface area contributed by atoms with Crippen LogP contribution in [0.4, 0.5) is 0 Å². The normalized spacial score (nSPS) is 13.1. The highest BCUT2D eigenvalue weighted by Gasteiger charge is 2.23. The van der Waals surface area contributed by atoms with Gasteiger partial charge in [-0.2, -0.15) is 0 Å². The Morgan fingerprint density at radius 2 is 1.89 bits per heavy atom. The van der Waals surface area contributed by atoms with E-state index < -0.39 is 17.7 Å². The van der Waals surface area contributed by atoms with E-state index in [1.165, 1.54) is 0 Å². The van der Waals surface area contributed by atoms with Crippen LogP contribution in [-0.2, 0) is 20.9 Å². The van der Waals surface area contributed by atoms with E-state index in [1.807, 2.05) is 30.3 Å². The number of hydrogen-bond donors (Lipinski definition) is 1. The van der Waals surface area contributed by atoms with E-state index in [1.54, 1.807) is 20.8 Å². The van der Waals surface area contributed by atoms with E-state index in [2.05, 4.69) is 0 Å². The van der Waals surface area contributed by atoms with Gasteiger partial charge in [-0.25, -0.2) is 4.79 Å². The SMILES string of the molecule is CC(C)(C)OC(=O)[C@@H](O)COCc1ccccc1. The van der Waals surface area contributed by atoms with Crippen molar-refractivity contribution in [3.8, 4) is 0 Å². The molecule has 0 bridgehead atoms. The second kappa shape index (κ2) is 6.52. The van der Waals surface area contributed by atoms with Gasteiger partial charge in [-0.05, 0) is 26.3 Å². The van der Waals surface area contributed by atoms with E-state index in [9.17, 15) is 9.90 Å². The van der Waals surface area contributed by atoms with Gasteiger partial charge in [-0.15, -0.1) is 0 Å². The van der Waals surface area contributed by atoms with Crippen LogP contribution < -0.4 is 0 Å². The summed E-state index contributed by atoms with van der Waals surface area (Å²) < 4.78 is 10.3. The largest absolute Gasteiger partial charge is 0.458 e. The van der Waals surface area contributed by atoms with Gasteiger partial charge >= 0.3 is 5.97 Å². The maximum Gasteiger partial charge on any atom is 0.337 e. The Morgan fingerprint density at radius 3 is 2.44 bits per heavy atom. The first-order valence-electron chi connectivity index (χ1n) is 5.91. The summed E-state index contributed by atoms with van der Waals surface area (Å²) in [5.41, 5.74) is 0.395. The van der Waals surface area contributed by atoms with Crippen molar-refractivity contribution < 1.29 is 19.4 Å². The van der Waals surface area contributed by atoms with Gasteiger partial charge in [0, 0.05) is 0 Å². The zero-order chi connectivity index (χ0) is 13.6. The number of ether oxygens (including phenoxy) is 2. The van der Waals surface area contributed by atoms with Crippen LogP contribution in [0.15, 0.2) is 30.3 Å². The Balaban J connectivity index is 2.29. The van der Waals surface area contributed by atoms with Crippen molar-refractivity contribution in [2.24, 2.45) is 0 Å². The summed E-state index contributed by atoms with van der Waals surface area (Å²) in [6, 6.07) is 9.56. The fourth-order valence-corrected chi connectivity index (χ4v) is 1.30. The topological polar surface area (TPSA) is 55.8 Å². The molecular weight excluding hydrogens is 232 g/mol. The molecule has 0 aliphatic heterocycles. The molecular formula is C14H20O4. The van der Waals surface area contributed by atoms with Crippen LogP contribution in [-0.4, -0.2) is 29.4 Å². The fourth-order valence-electron chi connectivity index (χ4n) is 1.30. The third-order valence-electron chi connectivity index (χ3n) is 2.07. The van der Waals surface area contributed by atoms with Crippen molar-refractivity contribution in [1.82, 2.24) is 0 Å². The first kappa shape index (κ1) is 14.7. The fraction of sp³-hybridized carbons (Fsp3) is 0.500. The number of benzene rings is 1. The Morgan fingerprint density at radius 1 is 1.28 bits per heavy atom. The molecule has 1 aromatic carbocycles. The zero-order valence-corrected chi connectivity index (χ0v) is 11.1. The van der Waals surface area contributed by atoms with Crippen molar-refractivity contribution in [2.45, 2.75) is 39.1 Å². The highest BCUT2D eigenvalue weighted by atomic mass is 16.6. The van der Waals surface area contributed by atoms with Crippen molar-refractivity contribution >= 4 is 5.97 Å². The van der Waals surface area contributed by atoms with Gasteiger partial charge in [-0.1, -0.05) is 30.3 Å². The molecule has 0 heterocycles. The molecule has 4 heteroatoms. The molecule has 0 aliphatic rings. The summed E-state index contributed by atoms with van der Waals surface area (Å²) in [5, 5.41) is 9.56. The number of hydrogen-bond acceptors (Lipinski definition) is 4. The molecule has 0 fully saturated rings. The number of rotatable bonds is 5. The second-order valence-corrected chi connectivity index (χ2v) is 5.05. The minimum Gasteiger partial charge on any atom is -0.458 e. The van der Waals surface area contributed by atoms with Gasteiger partial charge in [0.2, 0.25) is 0 Å². The molecule has 0 unspecified atom stereocenters. The van der Waals surface area contributed by atoms with Crippen LogP contribution in [0.1, 0.15) is 26.3 Å². The predicted molar refractivity (Wildman–Crippen MR) is 67.9 cm³/mol. The van der Waals surface area contributed by atoms with Gasteiger partial charge in [-0.3, -0.25) is 0 Å². The summed E-state index contributed by atoms with van der Waals surface area (Å²) >= 11 is 0. The molecule has 1 rings (SSSR count). The molecule has 0 aromatic heterocycles. The molecule has 0 amide bonds. The number of aliphatic hydroxyl groups is 1. The van der Waals surface area contributed by atoms with Gasteiger partial charge in [0.1, 0.15) is 5.60 Å². The number of carbonyl (C=O) groups is 1. The third kappa shape index (κ3) is 5.80. The van der Waals surface area contributed by atoms with Crippen LogP contribution in [0.25, 0.3) is 0 Å². The minimum atomic E-state index is -1.24. The lowest BCUT2D eigenvalue weighted by Gasteiger charge is -2.21. The lowest BCUT2D eigenvalue weighted by molar-refractivity contribution is -0.168. The van der Waals surface area contributed by atoms with E-state index in [0.717, 1.165) is 5.56 Å². The molecule has 0 spiro atoms.